The molecule has 0 radical (unpaired) electrons. The van der Waals surface area contributed by atoms with E-state index in [0.29, 0.717) is 30.3 Å². The molecule has 0 spiro atoms. The van der Waals surface area contributed by atoms with E-state index in [1.165, 1.54) is 11.8 Å². The lowest BCUT2D eigenvalue weighted by Crippen LogP contribution is -2.48. The van der Waals surface area contributed by atoms with Gasteiger partial charge in [-0.1, -0.05) is 30.3 Å². The Morgan fingerprint density at radius 2 is 1.83 bits per heavy atom. The van der Waals surface area contributed by atoms with Gasteiger partial charge in [0, 0.05) is 45.0 Å². The Balaban J connectivity index is 1.61. The predicted molar refractivity (Wildman–Crippen MR) is 115 cm³/mol. The number of nitrogens with one attached hydrogen (secondary N) is 1. The van der Waals surface area contributed by atoms with E-state index in [-0.39, 0.29) is 11.5 Å². The standard InChI is InChI=1S/C23H26N4O3/c1-29-20-8-9-22(30-2)21(14-20)25-16-19(15-24)23(28)27-12-10-26(11-13-27)17-18-6-4-3-5-7-18/h3-9,14,16,25H,10-13,17H2,1-2H3/b19-16-. The molecular weight excluding hydrogens is 380 g/mol. The summed E-state index contributed by atoms with van der Waals surface area (Å²) in [4.78, 5) is 16.9. The molecule has 2 aromatic rings. The van der Waals surface area contributed by atoms with Crippen LogP contribution in [0.15, 0.2) is 60.3 Å². The normalized spacial score (nSPS) is 14.7. The maximum Gasteiger partial charge on any atom is 0.266 e. The fourth-order valence-electron chi connectivity index (χ4n) is 3.34. The van der Waals surface area contributed by atoms with Crippen LogP contribution in [0.25, 0.3) is 0 Å². The summed E-state index contributed by atoms with van der Waals surface area (Å²) in [6.45, 7) is 3.59. The van der Waals surface area contributed by atoms with Gasteiger partial charge in [-0.3, -0.25) is 9.69 Å². The molecule has 0 bridgehead atoms. The van der Waals surface area contributed by atoms with E-state index < -0.39 is 0 Å². The quantitative estimate of drug-likeness (QED) is 0.563. The zero-order valence-electron chi connectivity index (χ0n) is 17.3. The van der Waals surface area contributed by atoms with Gasteiger partial charge in [-0.15, -0.1) is 0 Å². The lowest BCUT2D eigenvalue weighted by molar-refractivity contribution is -0.128. The molecule has 7 nitrogen and oxygen atoms in total. The maximum atomic E-state index is 12.8. The predicted octanol–water partition coefficient (Wildman–Crippen LogP) is 2.87. The lowest BCUT2D eigenvalue weighted by Gasteiger charge is -2.34. The van der Waals surface area contributed by atoms with Crippen LogP contribution in [0.5, 0.6) is 11.5 Å². The number of piperazine rings is 1. The fraction of sp³-hybridized carbons (Fsp3) is 0.304. The summed E-state index contributed by atoms with van der Waals surface area (Å²) in [7, 11) is 3.13. The van der Waals surface area contributed by atoms with Crippen LogP contribution in [0.4, 0.5) is 5.69 Å². The molecule has 0 saturated carbocycles. The first kappa shape index (κ1) is 21.2. The van der Waals surface area contributed by atoms with Crippen LogP contribution < -0.4 is 14.8 Å². The number of anilines is 1. The number of rotatable bonds is 7. The molecule has 2 aromatic carbocycles. The van der Waals surface area contributed by atoms with Gasteiger partial charge in [-0.25, -0.2) is 0 Å². The van der Waals surface area contributed by atoms with Gasteiger partial charge in [0.2, 0.25) is 0 Å². The molecule has 30 heavy (non-hydrogen) atoms. The summed E-state index contributed by atoms with van der Waals surface area (Å²) < 4.78 is 10.5. The Bertz CT molecular complexity index is 929. The van der Waals surface area contributed by atoms with Crippen LogP contribution >= 0.6 is 0 Å². The van der Waals surface area contributed by atoms with Crippen LogP contribution in [0, 0.1) is 11.3 Å². The largest absolute Gasteiger partial charge is 0.497 e. The zero-order chi connectivity index (χ0) is 21.3. The molecule has 0 atom stereocenters. The smallest absolute Gasteiger partial charge is 0.266 e. The Morgan fingerprint density at radius 3 is 2.47 bits per heavy atom. The van der Waals surface area contributed by atoms with Crippen LogP contribution in [-0.4, -0.2) is 56.1 Å². The van der Waals surface area contributed by atoms with Crippen LogP contribution in [0.3, 0.4) is 0 Å². The molecule has 1 amide bonds. The first-order valence-electron chi connectivity index (χ1n) is 9.79. The number of benzene rings is 2. The molecule has 1 N–H and O–H groups in total. The topological polar surface area (TPSA) is 77.8 Å². The number of amides is 1. The molecule has 156 valence electrons. The SMILES string of the molecule is COc1ccc(OC)c(N/C=C(/C#N)C(=O)N2CCN(Cc3ccccc3)CC2)c1. The van der Waals surface area contributed by atoms with E-state index in [4.69, 9.17) is 9.47 Å². The number of hydrogen-bond donors (Lipinski definition) is 1. The molecule has 0 unspecified atom stereocenters. The van der Waals surface area contributed by atoms with E-state index in [2.05, 4.69) is 22.3 Å². The van der Waals surface area contributed by atoms with Gasteiger partial charge < -0.3 is 19.7 Å². The zero-order valence-corrected chi connectivity index (χ0v) is 17.3. The van der Waals surface area contributed by atoms with Crippen LogP contribution in [0.2, 0.25) is 0 Å². The van der Waals surface area contributed by atoms with Gasteiger partial charge >= 0.3 is 0 Å². The van der Waals surface area contributed by atoms with Gasteiger partial charge in [0.1, 0.15) is 23.1 Å². The Morgan fingerprint density at radius 1 is 1.10 bits per heavy atom. The van der Waals surface area contributed by atoms with Gasteiger partial charge in [-0.2, -0.15) is 5.26 Å². The highest BCUT2D eigenvalue weighted by Gasteiger charge is 2.23. The third-order valence-electron chi connectivity index (χ3n) is 5.04. The summed E-state index contributed by atoms with van der Waals surface area (Å²) in [6.07, 6.45) is 1.43. The van der Waals surface area contributed by atoms with Crippen molar-refractivity contribution >= 4 is 11.6 Å². The third-order valence-corrected chi connectivity index (χ3v) is 5.04. The second kappa shape index (κ2) is 10.3. The number of ether oxygens (including phenoxy) is 2. The summed E-state index contributed by atoms with van der Waals surface area (Å²) in [6, 6.07) is 17.6. The first-order valence-corrected chi connectivity index (χ1v) is 9.79. The van der Waals surface area contributed by atoms with E-state index >= 15 is 0 Å². The average molecular weight is 406 g/mol. The van der Waals surface area contributed by atoms with Crippen molar-refractivity contribution in [1.29, 1.82) is 5.26 Å². The Kier molecular flexibility index (Phi) is 7.30. The van der Waals surface area contributed by atoms with Crippen LogP contribution in [-0.2, 0) is 11.3 Å². The number of carbonyl (C=O) groups is 1. The number of nitriles is 1. The second-order valence-electron chi connectivity index (χ2n) is 6.93. The summed E-state index contributed by atoms with van der Waals surface area (Å²) in [5.74, 6) is 0.962. The lowest BCUT2D eigenvalue weighted by atomic mass is 10.2. The van der Waals surface area contributed by atoms with Gasteiger partial charge in [0.25, 0.3) is 5.91 Å². The molecule has 1 aliphatic heterocycles. The Labute approximate surface area is 177 Å². The van der Waals surface area contributed by atoms with Crippen molar-refractivity contribution in [1.82, 2.24) is 9.80 Å². The molecule has 1 fully saturated rings. The molecule has 3 rings (SSSR count). The minimum atomic E-state index is -0.272. The van der Waals surface area contributed by atoms with Crippen molar-refractivity contribution in [3.05, 3.63) is 65.9 Å². The van der Waals surface area contributed by atoms with E-state index in [0.717, 1.165) is 19.6 Å². The highest BCUT2D eigenvalue weighted by molar-refractivity contribution is 5.97. The van der Waals surface area contributed by atoms with Gasteiger partial charge in [-0.05, 0) is 17.7 Å². The minimum Gasteiger partial charge on any atom is -0.497 e. The average Bonchev–Trinajstić information content (AvgIpc) is 2.80. The van der Waals surface area contributed by atoms with E-state index in [9.17, 15) is 10.1 Å². The molecule has 0 aromatic heterocycles. The summed E-state index contributed by atoms with van der Waals surface area (Å²) in [5.41, 5.74) is 1.92. The third kappa shape index (κ3) is 5.31. The number of methoxy groups -OCH3 is 2. The van der Waals surface area contributed by atoms with Gasteiger partial charge in [0.15, 0.2) is 0 Å². The molecule has 0 aliphatic carbocycles. The number of carbonyl (C=O) groups excluding carboxylic acids is 1. The highest BCUT2D eigenvalue weighted by Crippen LogP contribution is 2.29. The molecule has 1 saturated heterocycles. The summed E-state index contributed by atoms with van der Waals surface area (Å²) in [5, 5.41) is 12.5. The summed E-state index contributed by atoms with van der Waals surface area (Å²) >= 11 is 0. The first-order chi connectivity index (χ1) is 14.6. The highest BCUT2D eigenvalue weighted by atomic mass is 16.5. The van der Waals surface area contributed by atoms with Crippen molar-refractivity contribution in [3.8, 4) is 17.6 Å². The van der Waals surface area contributed by atoms with Crippen molar-refractivity contribution in [3.63, 3.8) is 0 Å². The monoisotopic (exact) mass is 406 g/mol. The van der Waals surface area contributed by atoms with E-state index in [1.807, 2.05) is 24.3 Å². The minimum absolute atomic E-state index is 0.0522. The van der Waals surface area contributed by atoms with Crippen molar-refractivity contribution in [2.75, 3.05) is 45.7 Å². The van der Waals surface area contributed by atoms with Crippen LogP contribution in [0.1, 0.15) is 5.56 Å². The number of nitrogens with zero attached hydrogens (tertiary/aromatic N) is 3. The van der Waals surface area contributed by atoms with Crippen molar-refractivity contribution < 1.29 is 14.3 Å². The van der Waals surface area contributed by atoms with Gasteiger partial charge in [0.05, 0.1) is 19.9 Å². The molecule has 1 aliphatic rings. The molecular formula is C23H26N4O3. The molecule has 1 heterocycles. The van der Waals surface area contributed by atoms with E-state index in [1.54, 1.807) is 37.3 Å². The second-order valence-corrected chi connectivity index (χ2v) is 6.93. The van der Waals surface area contributed by atoms with Crippen molar-refractivity contribution in [2.45, 2.75) is 6.54 Å². The number of hydrogen-bond acceptors (Lipinski definition) is 6. The van der Waals surface area contributed by atoms with Crippen molar-refractivity contribution in [2.24, 2.45) is 0 Å². The Hall–Kier alpha value is -3.50. The fourth-order valence-corrected chi connectivity index (χ4v) is 3.34. The molecule has 7 heteroatoms. The maximum absolute atomic E-state index is 12.8.